The summed E-state index contributed by atoms with van der Waals surface area (Å²) in [5, 5.41) is 4.90. The summed E-state index contributed by atoms with van der Waals surface area (Å²) in [4.78, 5) is 7.20. The van der Waals surface area contributed by atoms with Crippen LogP contribution in [0.4, 0.5) is 5.82 Å². The first-order valence-corrected chi connectivity index (χ1v) is 7.97. The van der Waals surface area contributed by atoms with E-state index in [0.717, 1.165) is 30.9 Å². The Labute approximate surface area is 119 Å². The minimum absolute atomic E-state index is 0.605. The van der Waals surface area contributed by atoms with Crippen molar-refractivity contribution in [1.82, 2.24) is 14.6 Å². The van der Waals surface area contributed by atoms with E-state index >= 15 is 0 Å². The van der Waals surface area contributed by atoms with Gasteiger partial charge in [-0.3, -0.25) is 0 Å². The molecule has 4 rings (SSSR count). The predicted octanol–water partition coefficient (Wildman–Crippen LogP) is 2.99. The van der Waals surface area contributed by atoms with E-state index in [2.05, 4.69) is 28.5 Å². The Kier molecular flexibility index (Phi) is 2.90. The van der Waals surface area contributed by atoms with E-state index < -0.39 is 0 Å². The molecule has 2 aliphatic rings. The van der Waals surface area contributed by atoms with Gasteiger partial charge >= 0.3 is 0 Å². The van der Waals surface area contributed by atoms with E-state index in [1.807, 2.05) is 0 Å². The zero-order chi connectivity index (χ0) is 13.5. The number of aryl methyl sites for hydroxylation is 2. The lowest BCUT2D eigenvalue weighted by Gasteiger charge is -2.34. The van der Waals surface area contributed by atoms with Crippen molar-refractivity contribution >= 4 is 11.5 Å². The molecular formula is C16H22N4. The summed E-state index contributed by atoms with van der Waals surface area (Å²) in [6.45, 7) is 3.45. The number of piperidine rings is 1. The largest absolute Gasteiger partial charge is 0.352 e. The van der Waals surface area contributed by atoms with Crippen molar-refractivity contribution in [2.24, 2.45) is 0 Å². The fourth-order valence-electron chi connectivity index (χ4n) is 3.64. The lowest BCUT2D eigenvalue weighted by atomic mass is 10.0. The lowest BCUT2D eigenvalue weighted by molar-refractivity contribution is 0.478. The van der Waals surface area contributed by atoms with Crippen LogP contribution in [-0.4, -0.2) is 27.2 Å². The zero-order valence-electron chi connectivity index (χ0n) is 12.2. The van der Waals surface area contributed by atoms with Crippen LogP contribution in [0.5, 0.6) is 0 Å². The number of nitrogens with zero attached hydrogens (tertiary/aromatic N) is 4. The minimum Gasteiger partial charge on any atom is -0.352 e. The summed E-state index contributed by atoms with van der Waals surface area (Å²) >= 11 is 0. The van der Waals surface area contributed by atoms with Gasteiger partial charge in [0.15, 0.2) is 5.65 Å². The average Bonchev–Trinajstić information content (AvgIpc) is 2.85. The smallest absolute Gasteiger partial charge is 0.154 e. The standard InChI is InChI=1S/C16H22N4/c1-12-6-4-5-11-19(12)16-10-9-15-17-13-7-2-3-8-14(13)20(15)18-16/h9-10,12H,2-8,11H2,1H3. The first-order chi connectivity index (χ1) is 9.83. The van der Waals surface area contributed by atoms with Gasteiger partial charge in [-0.2, -0.15) is 0 Å². The molecule has 1 aliphatic carbocycles. The van der Waals surface area contributed by atoms with Crippen LogP contribution in [0.3, 0.4) is 0 Å². The van der Waals surface area contributed by atoms with Crippen LogP contribution in [0.15, 0.2) is 12.1 Å². The van der Waals surface area contributed by atoms with Crippen molar-refractivity contribution in [2.75, 3.05) is 11.4 Å². The number of rotatable bonds is 1. The number of imidazole rings is 1. The minimum atomic E-state index is 0.605. The maximum atomic E-state index is 4.90. The molecular weight excluding hydrogens is 248 g/mol. The maximum Gasteiger partial charge on any atom is 0.154 e. The Bertz CT molecular complexity index is 631. The Morgan fingerprint density at radius 1 is 1.10 bits per heavy atom. The Hall–Kier alpha value is -1.58. The van der Waals surface area contributed by atoms with Crippen LogP contribution in [0.25, 0.3) is 5.65 Å². The molecule has 0 spiro atoms. The van der Waals surface area contributed by atoms with Gasteiger partial charge in [0.05, 0.1) is 11.4 Å². The summed E-state index contributed by atoms with van der Waals surface area (Å²) in [6, 6.07) is 4.89. The van der Waals surface area contributed by atoms with Gasteiger partial charge in [-0.1, -0.05) is 0 Å². The molecule has 1 aliphatic heterocycles. The molecule has 1 atom stereocenters. The fourth-order valence-corrected chi connectivity index (χ4v) is 3.64. The van der Waals surface area contributed by atoms with Gasteiger partial charge in [0.1, 0.15) is 5.82 Å². The van der Waals surface area contributed by atoms with Gasteiger partial charge in [0.2, 0.25) is 0 Å². The highest BCUT2D eigenvalue weighted by Crippen LogP contribution is 2.26. The lowest BCUT2D eigenvalue weighted by Crippen LogP contribution is -2.38. The molecule has 0 bridgehead atoms. The molecule has 1 fully saturated rings. The van der Waals surface area contributed by atoms with Gasteiger partial charge in [0, 0.05) is 12.6 Å². The normalized spacial score (nSPS) is 23.1. The maximum absolute atomic E-state index is 4.90. The van der Waals surface area contributed by atoms with E-state index in [-0.39, 0.29) is 0 Å². The van der Waals surface area contributed by atoms with E-state index in [4.69, 9.17) is 10.1 Å². The molecule has 3 heterocycles. The molecule has 4 nitrogen and oxygen atoms in total. The van der Waals surface area contributed by atoms with Crippen molar-refractivity contribution in [3.63, 3.8) is 0 Å². The van der Waals surface area contributed by atoms with E-state index in [0.29, 0.717) is 6.04 Å². The van der Waals surface area contributed by atoms with Gasteiger partial charge < -0.3 is 4.90 Å². The average molecular weight is 270 g/mol. The number of hydrogen-bond acceptors (Lipinski definition) is 3. The second-order valence-electron chi connectivity index (χ2n) is 6.21. The van der Waals surface area contributed by atoms with E-state index in [1.165, 1.54) is 43.5 Å². The molecule has 0 saturated carbocycles. The molecule has 20 heavy (non-hydrogen) atoms. The Morgan fingerprint density at radius 3 is 2.90 bits per heavy atom. The fraction of sp³-hybridized carbons (Fsp3) is 0.625. The summed E-state index contributed by atoms with van der Waals surface area (Å²) in [6.07, 6.45) is 8.70. The summed E-state index contributed by atoms with van der Waals surface area (Å²) < 4.78 is 2.10. The van der Waals surface area contributed by atoms with Gasteiger partial charge in [-0.05, 0) is 64.0 Å². The van der Waals surface area contributed by atoms with Crippen molar-refractivity contribution in [2.45, 2.75) is 57.9 Å². The molecule has 0 aromatic carbocycles. The second-order valence-corrected chi connectivity index (χ2v) is 6.21. The molecule has 2 aromatic rings. The van der Waals surface area contributed by atoms with Crippen LogP contribution in [0, 0.1) is 0 Å². The number of anilines is 1. The van der Waals surface area contributed by atoms with Crippen LogP contribution >= 0.6 is 0 Å². The molecule has 106 valence electrons. The quantitative estimate of drug-likeness (QED) is 0.798. The summed E-state index contributed by atoms with van der Waals surface area (Å²) in [5.41, 5.74) is 3.63. The van der Waals surface area contributed by atoms with Gasteiger partial charge in [0.25, 0.3) is 0 Å². The molecule has 0 N–H and O–H groups in total. The van der Waals surface area contributed by atoms with Crippen molar-refractivity contribution in [3.8, 4) is 0 Å². The third-order valence-electron chi connectivity index (χ3n) is 4.81. The molecule has 0 radical (unpaired) electrons. The SMILES string of the molecule is CC1CCCCN1c1ccc2nc3c(n2n1)CCCC3. The van der Waals surface area contributed by atoms with Crippen molar-refractivity contribution in [3.05, 3.63) is 23.5 Å². The third-order valence-corrected chi connectivity index (χ3v) is 4.81. The van der Waals surface area contributed by atoms with E-state index in [9.17, 15) is 0 Å². The summed E-state index contributed by atoms with van der Waals surface area (Å²) in [7, 11) is 0. The molecule has 0 amide bonds. The molecule has 1 saturated heterocycles. The van der Waals surface area contributed by atoms with Gasteiger partial charge in [-0.25, -0.2) is 9.50 Å². The highest BCUT2D eigenvalue weighted by atomic mass is 15.3. The van der Waals surface area contributed by atoms with Crippen molar-refractivity contribution < 1.29 is 0 Å². The highest BCUT2D eigenvalue weighted by molar-refractivity contribution is 5.49. The number of fused-ring (bicyclic) bond motifs is 3. The van der Waals surface area contributed by atoms with Crippen LogP contribution < -0.4 is 4.90 Å². The van der Waals surface area contributed by atoms with E-state index in [1.54, 1.807) is 0 Å². The monoisotopic (exact) mass is 270 g/mol. The summed E-state index contributed by atoms with van der Waals surface area (Å²) in [5.74, 6) is 1.12. The van der Waals surface area contributed by atoms with Crippen LogP contribution in [0.1, 0.15) is 50.4 Å². The molecule has 2 aromatic heterocycles. The van der Waals surface area contributed by atoms with Crippen LogP contribution in [-0.2, 0) is 12.8 Å². The predicted molar refractivity (Wildman–Crippen MR) is 80.3 cm³/mol. The highest BCUT2D eigenvalue weighted by Gasteiger charge is 2.22. The Balaban J connectivity index is 1.77. The zero-order valence-corrected chi connectivity index (χ0v) is 12.2. The van der Waals surface area contributed by atoms with Crippen LogP contribution in [0.2, 0.25) is 0 Å². The number of aromatic nitrogens is 3. The second kappa shape index (κ2) is 4.76. The number of hydrogen-bond donors (Lipinski definition) is 0. The molecule has 1 unspecified atom stereocenters. The Morgan fingerprint density at radius 2 is 2.00 bits per heavy atom. The van der Waals surface area contributed by atoms with Gasteiger partial charge in [-0.15, -0.1) is 5.10 Å². The molecule has 4 heteroatoms. The first kappa shape index (κ1) is 12.2. The van der Waals surface area contributed by atoms with Crippen molar-refractivity contribution in [1.29, 1.82) is 0 Å². The first-order valence-electron chi connectivity index (χ1n) is 7.97. The topological polar surface area (TPSA) is 33.4 Å². The third kappa shape index (κ3) is 1.89.